The Labute approximate surface area is 439 Å². The van der Waals surface area contributed by atoms with Crippen LogP contribution in [-0.4, -0.2) is 72.5 Å². The van der Waals surface area contributed by atoms with Gasteiger partial charge >= 0.3 is 0 Å². The molecular formula is C52H41ClF4I2N10O2. The summed E-state index contributed by atoms with van der Waals surface area (Å²) in [5.41, 5.74) is 14.7. The molecule has 4 aromatic carbocycles. The lowest BCUT2D eigenvalue weighted by molar-refractivity contribution is 0.122. The second-order valence-corrected chi connectivity index (χ2v) is 18.8. The maximum Gasteiger partial charge on any atom is 0.210 e. The van der Waals surface area contributed by atoms with E-state index in [9.17, 15) is 13.2 Å². The van der Waals surface area contributed by atoms with E-state index in [4.69, 9.17) is 40.0 Å². The third-order valence-corrected chi connectivity index (χ3v) is 13.9. The average Bonchev–Trinajstić information content (AvgIpc) is 3.38. The molecular weight excluding hydrogens is 1160 g/mol. The van der Waals surface area contributed by atoms with Gasteiger partial charge in [-0.3, -0.25) is 9.97 Å². The molecule has 4 aromatic heterocycles. The summed E-state index contributed by atoms with van der Waals surface area (Å²) in [6, 6.07) is 22.3. The Balaban J connectivity index is 0.000000158. The minimum Gasteiger partial charge on any atom is -0.398 e. The van der Waals surface area contributed by atoms with E-state index in [1.54, 1.807) is 37.5 Å². The topological polar surface area (TPSA) is 123 Å². The smallest absolute Gasteiger partial charge is 0.210 e. The first-order chi connectivity index (χ1) is 34.3. The second-order valence-electron chi connectivity index (χ2n) is 16.1. The van der Waals surface area contributed by atoms with Gasteiger partial charge < -0.3 is 30.3 Å². The minimum atomic E-state index is -0.715. The first-order valence-corrected chi connectivity index (χ1v) is 24.5. The Kier molecular flexibility index (Phi) is 16.3. The molecule has 0 spiro atoms. The number of halogens is 7. The van der Waals surface area contributed by atoms with Gasteiger partial charge in [0.2, 0.25) is 11.4 Å². The molecule has 6 heterocycles. The number of aromatic nitrogens is 4. The number of nitrogens with one attached hydrogen (secondary N) is 1. The Morgan fingerprint density at radius 1 is 0.648 bits per heavy atom. The summed E-state index contributed by atoms with van der Waals surface area (Å²) in [6.45, 7) is 24.0. The van der Waals surface area contributed by atoms with Gasteiger partial charge in [-0.15, -0.1) is 0 Å². The van der Waals surface area contributed by atoms with Crippen LogP contribution < -0.4 is 20.9 Å². The van der Waals surface area contributed by atoms with Crippen LogP contribution in [0, 0.1) is 57.4 Å². The fourth-order valence-corrected chi connectivity index (χ4v) is 9.38. The Hall–Kier alpha value is -6.43. The van der Waals surface area contributed by atoms with Crippen molar-refractivity contribution in [1.82, 2.24) is 19.9 Å². The molecule has 0 atom stereocenters. The Morgan fingerprint density at radius 2 is 1.13 bits per heavy atom. The molecule has 2 saturated heterocycles. The summed E-state index contributed by atoms with van der Waals surface area (Å²) >= 11 is 10.5. The van der Waals surface area contributed by atoms with Gasteiger partial charge in [0.15, 0.2) is 0 Å². The molecule has 0 radical (unpaired) electrons. The Morgan fingerprint density at radius 3 is 1.63 bits per heavy atom. The lowest BCUT2D eigenvalue weighted by Crippen LogP contribution is -2.36. The molecule has 2 aliphatic rings. The number of ether oxygens (including phenoxy) is 2. The van der Waals surface area contributed by atoms with Crippen molar-refractivity contribution in [3.05, 3.63) is 167 Å². The first-order valence-electron chi connectivity index (χ1n) is 21.9. The lowest BCUT2D eigenvalue weighted by Gasteiger charge is -2.30. The highest BCUT2D eigenvalue weighted by Crippen LogP contribution is 2.42. The molecule has 19 heteroatoms. The third kappa shape index (κ3) is 11.4. The number of rotatable bonds is 6. The minimum absolute atomic E-state index is 0.130. The van der Waals surface area contributed by atoms with E-state index in [0.29, 0.717) is 96.2 Å². The molecule has 0 unspecified atom stereocenters. The fraction of sp³-hybridized carbons (Fsp3) is 0.192. The standard InChI is InChI=1S/C26H20F2IN5O.C15H9ClF2N2.C11H12IN3O/c1-15-25(19-5-3-4-6-31-19)33-22-12-16(27)11-17(28)24(22)26(15)32-20-14-23(21(30-2)13-18(20)29)34-7-9-35-10-8-34;1-8-14(16)13-10(18)6-9(17)7-12(13)20-15(8)11-4-2-3-5-19-11;1-14-10-6-8(12)9(13)7-11(10)15-2-4-16-5-3-15/h3-6,11-14H,7-10H2,1H3,(H,32,33);2-7H,1H3;6-7H,2-5,13H2. The highest BCUT2D eigenvalue weighted by molar-refractivity contribution is 14.1. The van der Waals surface area contributed by atoms with E-state index < -0.39 is 23.3 Å². The third-order valence-electron chi connectivity index (χ3n) is 11.6. The van der Waals surface area contributed by atoms with E-state index >= 15 is 4.39 Å². The number of fused-ring (bicyclic) bond motifs is 2. The monoisotopic (exact) mass is 1200 g/mol. The molecule has 360 valence electrons. The van der Waals surface area contributed by atoms with Gasteiger partial charge in [0, 0.05) is 92.6 Å². The van der Waals surface area contributed by atoms with Gasteiger partial charge in [-0.1, -0.05) is 23.7 Å². The number of hydrogen-bond donors (Lipinski definition) is 2. The average molecular weight is 1200 g/mol. The summed E-state index contributed by atoms with van der Waals surface area (Å²) in [6.07, 6.45) is 3.28. The van der Waals surface area contributed by atoms with Crippen LogP contribution in [0.25, 0.3) is 54.3 Å². The van der Waals surface area contributed by atoms with Gasteiger partial charge in [0.1, 0.15) is 23.3 Å². The van der Waals surface area contributed by atoms with Gasteiger partial charge in [-0.2, -0.15) is 0 Å². The summed E-state index contributed by atoms with van der Waals surface area (Å²) in [4.78, 5) is 29.0. The summed E-state index contributed by atoms with van der Waals surface area (Å²) in [7, 11) is 0. The molecule has 0 aliphatic carbocycles. The van der Waals surface area contributed by atoms with Crippen molar-refractivity contribution >= 4 is 118 Å². The van der Waals surface area contributed by atoms with Gasteiger partial charge in [0.05, 0.1) is 101 Å². The van der Waals surface area contributed by atoms with Gasteiger partial charge in [-0.25, -0.2) is 37.2 Å². The molecule has 0 amide bonds. The normalized spacial score (nSPS) is 13.4. The van der Waals surface area contributed by atoms with Crippen molar-refractivity contribution in [2.75, 3.05) is 73.5 Å². The maximum absolute atomic E-state index is 15.1. The Bertz CT molecular complexity index is 3370. The van der Waals surface area contributed by atoms with Crippen molar-refractivity contribution in [3.63, 3.8) is 0 Å². The number of benzene rings is 4. The van der Waals surface area contributed by atoms with E-state index in [0.717, 1.165) is 55.5 Å². The molecule has 0 saturated carbocycles. The van der Waals surface area contributed by atoms with Crippen LogP contribution in [0.3, 0.4) is 0 Å². The molecule has 2 fully saturated rings. The number of nitrogens with zero attached hydrogens (tertiary/aromatic N) is 8. The quantitative estimate of drug-likeness (QED) is 0.0720. The van der Waals surface area contributed by atoms with Crippen molar-refractivity contribution in [1.29, 1.82) is 0 Å². The van der Waals surface area contributed by atoms with Crippen molar-refractivity contribution in [2.45, 2.75) is 13.8 Å². The van der Waals surface area contributed by atoms with Crippen LogP contribution in [0.2, 0.25) is 5.02 Å². The molecule has 12 nitrogen and oxygen atoms in total. The van der Waals surface area contributed by atoms with Crippen LogP contribution in [0.1, 0.15) is 11.1 Å². The summed E-state index contributed by atoms with van der Waals surface area (Å²) in [5, 5.41) is 3.94. The van der Waals surface area contributed by atoms with Crippen LogP contribution in [0.4, 0.5) is 57.4 Å². The molecule has 0 bridgehead atoms. The lowest BCUT2D eigenvalue weighted by atomic mass is 10.0. The van der Waals surface area contributed by atoms with Gasteiger partial charge in [0.25, 0.3) is 0 Å². The number of nitrogen functional groups attached to an aromatic ring is 1. The van der Waals surface area contributed by atoms with E-state index in [-0.39, 0.29) is 26.8 Å². The van der Waals surface area contributed by atoms with Crippen molar-refractivity contribution < 1.29 is 27.0 Å². The van der Waals surface area contributed by atoms with Crippen LogP contribution in [0.15, 0.2) is 97.3 Å². The van der Waals surface area contributed by atoms with Crippen LogP contribution >= 0.6 is 56.8 Å². The fourth-order valence-electron chi connectivity index (χ4n) is 8.07. The number of anilines is 5. The molecule has 71 heavy (non-hydrogen) atoms. The van der Waals surface area contributed by atoms with E-state index in [1.807, 2.05) is 49.4 Å². The number of morpholine rings is 2. The van der Waals surface area contributed by atoms with Crippen molar-refractivity contribution in [2.24, 2.45) is 0 Å². The zero-order chi connectivity index (χ0) is 50.3. The SMILES string of the molecule is Cc1c(-c2ccccn2)nc2cc(F)cc(F)c2c1Cl.[C-]#[N+]c1cc(I)c(N)cc1N1CCOCC1.[C-]#[N+]c1cc(I)c(Nc2c(C)c(-c3ccccn3)nc3cc(F)cc(F)c23)cc1N1CCOCC1. The van der Waals surface area contributed by atoms with Crippen molar-refractivity contribution in [3.8, 4) is 22.8 Å². The van der Waals surface area contributed by atoms with E-state index in [1.165, 1.54) is 6.07 Å². The first kappa shape index (κ1) is 50.9. The summed E-state index contributed by atoms with van der Waals surface area (Å²) < 4.78 is 68.9. The van der Waals surface area contributed by atoms with E-state index in [2.05, 4.69) is 89.9 Å². The maximum atomic E-state index is 15.1. The molecule has 3 N–H and O–H groups in total. The molecule has 10 rings (SSSR count). The number of hydrogen-bond acceptors (Lipinski definition) is 10. The predicted molar refractivity (Wildman–Crippen MR) is 289 cm³/mol. The molecule has 2 aliphatic heterocycles. The van der Waals surface area contributed by atoms with Crippen LogP contribution in [-0.2, 0) is 9.47 Å². The van der Waals surface area contributed by atoms with Gasteiger partial charge in [-0.05, 0) is 113 Å². The zero-order valence-corrected chi connectivity index (χ0v) is 43.1. The number of nitrogens with two attached hydrogens (primary N) is 1. The zero-order valence-electron chi connectivity index (χ0n) is 38.0. The highest BCUT2D eigenvalue weighted by atomic mass is 127. The second kappa shape index (κ2) is 22.8. The highest BCUT2D eigenvalue weighted by Gasteiger charge is 2.23. The summed E-state index contributed by atoms with van der Waals surface area (Å²) in [5.74, 6) is -2.80. The largest absolute Gasteiger partial charge is 0.398 e. The number of pyridine rings is 4. The van der Waals surface area contributed by atoms with Crippen LogP contribution in [0.5, 0.6) is 0 Å². The molecule has 8 aromatic rings. The predicted octanol–water partition coefficient (Wildman–Crippen LogP) is 13.4.